The maximum absolute atomic E-state index is 13.2. The molecule has 2 aromatic carbocycles. The number of aliphatic hydroxyl groups excluding tert-OH is 1. The van der Waals surface area contributed by atoms with Crippen LogP contribution < -0.4 is 24.8 Å². The molecule has 2 heterocycles. The molecule has 0 aliphatic carbocycles. The van der Waals surface area contributed by atoms with Gasteiger partial charge in [-0.2, -0.15) is 0 Å². The summed E-state index contributed by atoms with van der Waals surface area (Å²) in [4.78, 5) is 47.0. The van der Waals surface area contributed by atoms with Crippen LogP contribution in [-0.2, 0) is 16.1 Å². The molecule has 1 aliphatic heterocycles. The summed E-state index contributed by atoms with van der Waals surface area (Å²) in [6, 6.07) is 11.6. The van der Waals surface area contributed by atoms with Crippen molar-refractivity contribution in [3.63, 3.8) is 0 Å². The minimum atomic E-state index is -1.42. The number of methoxy groups -OCH3 is 2. The van der Waals surface area contributed by atoms with Gasteiger partial charge < -0.3 is 39.8 Å². The number of fused-ring (bicyclic) bond motifs is 1. The van der Waals surface area contributed by atoms with Gasteiger partial charge in [-0.05, 0) is 75.3 Å². The lowest BCUT2D eigenvalue weighted by atomic mass is 10.1. The SMILES string of the molecule is COc1ccc(CNC(=O)C(O)[C@@H]2CCCN2C(=O)CNC(=O)c2ccnc3ccc(OCCCN(C)C)cc23)cc1OC. The first kappa shape index (κ1) is 32.5. The van der Waals surface area contributed by atoms with Gasteiger partial charge in [0.25, 0.3) is 11.8 Å². The number of amides is 3. The largest absolute Gasteiger partial charge is 0.494 e. The Kier molecular flexibility index (Phi) is 11.3. The van der Waals surface area contributed by atoms with E-state index < -0.39 is 24.0 Å². The third-order valence-corrected chi connectivity index (χ3v) is 7.54. The van der Waals surface area contributed by atoms with E-state index in [9.17, 15) is 19.5 Å². The first-order chi connectivity index (χ1) is 21.2. The van der Waals surface area contributed by atoms with Crippen molar-refractivity contribution < 1.29 is 33.7 Å². The highest BCUT2D eigenvalue weighted by molar-refractivity contribution is 6.07. The summed E-state index contributed by atoms with van der Waals surface area (Å²) < 4.78 is 16.4. The monoisotopic (exact) mass is 607 g/mol. The smallest absolute Gasteiger partial charge is 0.252 e. The third-order valence-electron chi connectivity index (χ3n) is 7.54. The molecule has 3 aromatic rings. The number of pyridine rings is 1. The summed E-state index contributed by atoms with van der Waals surface area (Å²) in [7, 11) is 7.07. The van der Waals surface area contributed by atoms with Crippen LogP contribution in [0.25, 0.3) is 10.9 Å². The minimum absolute atomic E-state index is 0.162. The Labute approximate surface area is 257 Å². The van der Waals surface area contributed by atoms with E-state index in [1.165, 1.54) is 19.1 Å². The zero-order chi connectivity index (χ0) is 31.6. The standard InChI is InChI=1S/C32H41N5O7/c1-36(2)14-6-16-44-22-9-10-25-24(18-22)23(12-13-33-25)31(40)35-20-29(38)37-15-5-7-26(37)30(39)32(41)34-19-21-8-11-27(42-3)28(17-21)43-4/h8-13,17-18,26,30,39H,5-7,14-16,19-20H2,1-4H3,(H,34,41)(H,35,40)/t26-,30?/m0/s1. The van der Waals surface area contributed by atoms with E-state index in [1.54, 1.807) is 42.6 Å². The van der Waals surface area contributed by atoms with E-state index >= 15 is 0 Å². The van der Waals surface area contributed by atoms with Crippen LogP contribution in [-0.4, -0.2) is 104 Å². The minimum Gasteiger partial charge on any atom is -0.494 e. The molecule has 12 nitrogen and oxygen atoms in total. The van der Waals surface area contributed by atoms with Crippen LogP contribution in [0.1, 0.15) is 35.2 Å². The molecule has 1 unspecified atom stereocenters. The predicted molar refractivity (Wildman–Crippen MR) is 165 cm³/mol. The lowest BCUT2D eigenvalue weighted by Gasteiger charge is -2.28. The van der Waals surface area contributed by atoms with Crippen molar-refractivity contribution in [3.8, 4) is 17.2 Å². The molecule has 1 saturated heterocycles. The molecule has 4 rings (SSSR count). The van der Waals surface area contributed by atoms with Crippen LogP contribution in [0.3, 0.4) is 0 Å². The maximum Gasteiger partial charge on any atom is 0.252 e. The Hall–Kier alpha value is -4.42. The Bertz CT molecular complexity index is 1460. The summed E-state index contributed by atoms with van der Waals surface area (Å²) in [5, 5.41) is 16.9. The van der Waals surface area contributed by atoms with Gasteiger partial charge in [0.15, 0.2) is 17.6 Å². The molecular weight excluding hydrogens is 566 g/mol. The summed E-state index contributed by atoms with van der Waals surface area (Å²) >= 11 is 0. The number of likely N-dealkylation sites (tertiary alicyclic amines) is 1. The molecule has 44 heavy (non-hydrogen) atoms. The number of nitrogens with zero attached hydrogens (tertiary/aromatic N) is 3. The average Bonchev–Trinajstić information content (AvgIpc) is 3.53. The number of nitrogens with one attached hydrogen (secondary N) is 2. The Morgan fingerprint density at radius 3 is 2.61 bits per heavy atom. The molecule has 1 aliphatic rings. The van der Waals surface area contributed by atoms with E-state index in [0.717, 1.165) is 18.5 Å². The van der Waals surface area contributed by atoms with Gasteiger partial charge in [-0.3, -0.25) is 19.4 Å². The zero-order valence-electron chi connectivity index (χ0n) is 25.7. The van der Waals surface area contributed by atoms with Gasteiger partial charge in [-0.1, -0.05) is 6.07 Å². The summed E-state index contributed by atoms with van der Waals surface area (Å²) in [5.41, 5.74) is 1.76. The average molecular weight is 608 g/mol. The van der Waals surface area contributed by atoms with Crippen LogP contribution in [0, 0.1) is 0 Å². The second-order valence-corrected chi connectivity index (χ2v) is 10.9. The second kappa shape index (κ2) is 15.3. The molecule has 0 bridgehead atoms. The fourth-order valence-electron chi connectivity index (χ4n) is 5.23. The quantitative estimate of drug-likeness (QED) is 0.235. The van der Waals surface area contributed by atoms with Crippen molar-refractivity contribution in [2.75, 3.05) is 54.6 Å². The number of aliphatic hydroxyl groups is 1. The molecule has 3 amide bonds. The molecule has 1 aromatic heterocycles. The van der Waals surface area contributed by atoms with Crippen molar-refractivity contribution in [1.82, 2.24) is 25.4 Å². The van der Waals surface area contributed by atoms with Crippen LogP contribution in [0.15, 0.2) is 48.7 Å². The van der Waals surface area contributed by atoms with E-state index in [1.807, 2.05) is 20.2 Å². The first-order valence-electron chi connectivity index (χ1n) is 14.6. The van der Waals surface area contributed by atoms with Crippen LogP contribution >= 0.6 is 0 Å². The zero-order valence-corrected chi connectivity index (χ0v) is 25.7. The van der Waals surface area contributed by atoms with Crippen LogP contribution in [0.2, 0.25) is 0 Å². The summed E-state index contributed by atoms with van der Waals surface area (Å²) in [5.74, 6) is 0.329. The van der Waals surface area contributed by atoms with E-state index in [-0.39, 0.29) is 19.0 Å². The van der Waals surface area contributed by atoms with E-state index in [2.05, 4.69) is 20.5 Å². The van der Waals surface area contributed by atoms with E-state index in [4.69, 9.17) is 14.2 Å². The Morgan fingerprint density at radius 2 is 1.86 bits per heavy atom. The van der Waals surface area contributed by atoms with Gasteiger partial charge >= 0.3 is 0 Å². The Balaban J connectivity index is 1.33. The van der Waals surface area contributed by atoms with Gasteiger partial charge in [0.2, 0.25) is 5.91 Å². The third kappa shape index (κ3) is 8.14. The van der Waals surface area contributed by atoms with Gasteiger partial charge in [0.1, 0.15) is 5.75 Å². The normalized spacial score (nSPS) is 15.2. The summed E-state index contributed by atoms with van der Waals surface area (Å²) in [6.45, 7) is 1.70. The van der Waals surface area contributed by atoms with Crippen molar-refractivity contribution >= 4 is 28.6 Å². The molecule has 12 heteroatoms. The Morgan fingerprint density at radius 1 is 1.07 bits per heavy atom. The number of carbonyl (C=O) groups excluding carboxylic acids is 3. The number of benzene rings is 2. The van der Waals surface area contributed by atoms with E-state index in [0.29, 0.717) is 59.7 Å². The van der Waals surface area contributed by atoms with Crippen molar-refractivity contribution in [3.05, 3.63) is 59.8 Å². The molecule has 0 radical (unpaired) electrons. The van der Waals surface area contributed by atoms with Crippen LogP contribution in [0.4, 0.5) is 0 Å². The highest BCUT2D eigenvalue weighted by Crippen LogP contribution is 2.28. The van der Waals surface area contributed by atoms with Crippen LogP contribution in [0.5, 0.6) is 17.2 Å². The number of ether oxygens (including phenoxy) is 3. The number of carbonyl (C=O) groups is 3. The lowest BCUT2D eigenvalue weighted by Crippen LogP contribution is -2.51. The second-order valence-electron chi connectivity index (χ2n) is 10.9. The molecule has 1 fully saturated rings. The fraction of sp³-hybridized carbons (Fsp3) is 0.438. The van der Waals surface area contributed by atoms with Gasteiger partial charge in [-0.25, -0.2) is 0 Å². The highest BCUT2D eigenvalue weighted by Gasteiger charge is 2.37. The van der Waals surface area contributed by atoms with Gasteiger partial charge in [0.05, 0.1) is 44.5 Å². The highest BCUT2D eigenvalue weighted by atomic mass is 16.5. The topological polar surface area (TPSA) is 143 Å². The van der Waals surface area contributed by atoms with Gasteiger partial charge in [0, 0.05) is 31.2 Å². The molecular formula is C32H41N5O7. The maximum atomic E-state index is 13.2. The predicted octanol–water partition coefficient (Wildman–Crippen LogP) is 1.98. The first-order valence-corrected chi connectivity index (χ1v) is 14.6. The fourth-order valence-corrected chi connectivity index (χ4v) is 5.23. The number of rotatable bonds is 14. The molecule has 2 atom stereocenters. The number of hydrogen-bond donors (Lipinski definition) is 3. The molecule has 0 saturated carbocycles. The number of aromatic nitrogens is 1. The molecule has 3 N–H and O–H groups in total. The van der Waals surface area contributed by atoms with Gasteiger partial charge in [-0.15, -0.1) is 0 Å². The molecule has 236 valence electrons. The van der Waals surface area contributed by atoms with Crippen molar-refractivity contribution in [2.24, 2.45) is 0 Å². The number of hydrogen-bond acceptors (Lipinski definition) is 9. The van der Waals surface area contributed by atoms with Crippen molar-refractivity contribution in [1.29, 1.82) is 0 Å². The lowest BCUT2D eigenvalue weighted by molar-refractivity contribution is -0.138. The molecule has 0 spiro atoms. The van der Waals surface area contributed by atoms with Crippen molar-refractivity contribution in [2.45, 2.75) is 38.0 Å². The summed E-state index contributed by atoms with van der Waals surface area (Å²) in [6.07, 6.45) is 2.09.